The summed E-state index contributed by atoms with van der Waals surface area (Å²) in [7, 11) is 0. The van der Waals surface area contributed by atoms with E-state index in [0.29, 0.717) is 10.6 Å². The summed E-state index contributed by atoms with van der Waals surface area (Å²) in [5, 5.41) is 0.589. The minimum Gasteiger partial charge on any atom is -0.490 e. The average Bonchev–Trinajstić information content (AvgIpc) is 3.19. The summed E-state index contributed by atoms with van der Waals surface area (Å²) >= 11 is 6.02. The van der Waals surface area contributed by atoms with Crippen molar-refractivity contribution >= 4 is 23.5 Å². The third-order valence-corrected chi connectivity index (χ3v) is 5.66. The molecule has 0 saturated heterocycles. The molecule has 3 rings (SSSR count). The predicted octanol–water partition coefficient (Wildman–Crippen LogP) is 5.89. The number of hydrogen-bond acceptors (Lipinski definition) is 4. The van der Waals surface area contributed by atoms with Crippen LogP contribution in [0.25, 0.3) is 0 Å². The number of hydrogen-bond donors (Lipinski definition) is 1. The van der Waals surface area contributed by atoms with Crippen LogP contribution in [0.4, 0.5) is 4.79 Å². The van der Waals surface area contributed by atoms with E-state index in [0.717, 1.165) is 24.2 Å². The molecule has 1 saturated carbocycles. The minimum atomic E-state index is -0.905. The molecule has 6 heteroatoms. The molecule has 1 atom stereocenters. The van der Waals surface area contributed by atoms with Gasteiger partial charge < -0.3 is 15.2 Å². The van der Waals surface area contributed by atoms with Gasteiger partial charge in [0.05, 0.1) is 12.0 Å². The second-order valence-electron chi connectivity index (χ2n) is 8.40. The third kappa shape index (κ3) is 5.99. The maximum absolute atomic E-state index is 13.4. The van der Waals surface area contributed by atoms with Gasteiger partial charge >= 0.3 is 6.09 Å². The van der Waals surface area contributed by atoms with E-state index in [1.165, 1.54) is 12.8 Å². The number of ketones is 1. The van der Waals surface area contributed by atoms with Gasteiger partial charge in [0.15, 0.2) is 5.78 Å². The van der Waals surface area contributed by atoms with Crippen LogP contribution < -0.4 is 10.5 Å². The highest BCUT2D eigenvalue weighted by Crippen LogP contribution is 2.33. The zero-order valence-electron chi connectivity index (χ0n) is 17.4. The van der Waals surface area contributed by atoms with Gasteiger partial charge in [-0.15, -0.1) is 0 Å². The van der Waals surface area contributed by atoms with E-state index in [9.17, 15) is 9.59 Å². The molecule has 0 spiro atoms. The van der Waals surface area contributed by atoms with E-state index in [1.807, 2.05) is 24.3 Å². The zero-order valence-corrected chi connectivity index (χ0v) is 18.2. The number of benzene rings is 2. The molecule has 0 aliphatic heterocycles. The highest BCUT2D eigenvalue weighted by Gasteiger charge is 2.32. The first-order valence-electron chi connectivity index (χ1n) is 10.3. The van der Waals surface area contributed by atoms with E-state index < -0.39 is 17.6 Å². The SMILES string of the molecule is CC(C)(CC(C(=O)c1ccc(OC2CCCC2)cc1)c1ccc(Cl)cc1)OC(N)=O. The van der Waals surface area contributed by atoms with Gasteiger partial charge in [-0.05, 0) is 81.5 Å². The van der Waals surface area contributed by atoms with Crippen molar-refractivity contribution < 1.29 is 19.1 Å². The quantitative estimate of drug-likeness (QED) is 0.530. The van der Waals surface area contributed by atoms with Crippen molar-refractivity contribution in [2.75, 3.05) is 0 Å². The third-order valence-electron chi connectivity index (χ3n) is 5.41. The van der Waals surface area contributed by atoms with Crippen molar-refractivity contribution in [3.63, 3.8) is 0 Å². The molecule has 1 aliphatic rings. The molecule has 1 unspecified atom stereocenters. The van der Waals surface area contributed by atoms with Crippen LogP contribution in [-0.4, -0.2) is 23.6 Å². The van der Waals surface area contributed by atoms with Crippen molar-refractivity contribution in [1.29, 1.82) is 0 Å². The lowest BCUT2D eigenvalue weighted by atomic mass is 9.82. The second-order valence-corrected chi connectivity index (χ2v) is 8.84. The summed E-state index contributed by atoms with van der Waals surface area (Å²) in [5.41, 5.74) is 5.68. The Labute approximate surface area is 182 Å². The molecule has 30 heavy (non-hydrogen) atoms. The topological polar surface area (TPSA) is 78.6 Å². The molecule has 2 aromatic carbocycles. The summed E-state index contributed by atoms with van der Waals surface area (Å²) in [6.07, 6.45) is 4.25. The van der Waals surface area contributed by atoms with Crippen molar-refractivity contribution in [3.8, 4) is 5.75 Å². The number of primary amides is 1. The molecule has 1 fully saturated rings. The van der Waals surface area contributed by atoms with Crippen LogP contribution in [0.15, 0.2) is 48.5 Å². The van der Waals surface area contributed by atoms with E-state index in [-0.39, 0.29) is 18.3 Å². The number of ether oxygens (including phenoxy) is 2. The Kier molecular flexibility index (Phi) is 7.03. The summed E-state index contributed by atoms with van der Waals surface area (Å²) in [6, 6.07) is 14.4. The number of carbonyl (C=O) groups excluding carboxylic acids is 2. The van der Waals surface area contributed by atoms with E-state index in [4.69, 9.17) is 26.8 Å². The molecular formula is C24H28ClNO4. The van der Waals surface area contributed by atoms with Crippen LogP contribution >= 0.6 is 11.6 Å². The van der Waals surface area contributed by atoms with Crippen molar-refractivity contribution in [1.82, 2.24) is 0 Å². The first-order chi connectivity index (χ1) is 14.2. The Morgan fingerprint density at radius 2 is 1.67 bits per heavy atom. The predicted molar refractivity (Wildman–Crippen MR) is 117 cm³/mol. The van der Waals surface area contributed by atoms with Gasteiger partial charge in [0, 0.05) is 17.0 Å². The van der Waals surface area contributed by atoms with Crippen LogP contribution in [0.5, 0.6) is 5.75 Å². The van der Waals surface area contributed by atoms with Gasteiger partial charge in [0.1, 0.15) is 11.4 Å². The van der Waals surface area contributed by atoms with Crippen LogP contribution in [0.2, 0.25) is 5.02 Å². The molecule has 0 bridgehead atoms. The van der Waals surface area contributed by atoms with E-state index >= 15 is 0 Å². The fourth-order valence-corrected chi connectivity index (χ4v) is 4.09. The number of nitrogens with two attached hydrogens (primary N) is 1. The lowest BCUT2D eigenvalue weighted by Gasteiger charge is -2.29. The summed E-state index contributed by atoms with van der Waals surface area (Å²) in [6.45, 7) is 3.49. The molecule has 2 N–H and O–H groups in total. The maximum atomic E-state index is 13.4. The number of amides is 1. The Morgan fingerprint density at radius 3 is 2.23 bits per heavy atom. The van der Waals surface area contributed by atoms with Crippen molar-refractivity contribution in [2.24, 2.45) is 5.73 Å². The summed E-state index contributed by atoms with van der Waals surface area (Å²) in [4.78, 5) is 24.7. The Balaban J connectivity index is 1.81. The van der Waals surface area contributed by atoms with Crippen LogP contribution in [0.1, 0.15) is 67.8 Å². The number of carbonyl (C=O) groups is 2. The molecule has 5 nitrogen and oxygen atoms in total. The average molecular weight is 430 g/mol. The van der Waals surface area contributed by atoms with Gasteiger partial charge in [-0.2, -0.15) is 0 Å². The monoisotopic (exact) mass is 429 g/mol. The van der Waals surface area contributed by atoms with Gasteiger partial charge in [0.2, 0.25) is 0 Å². The smallest absolute Gasteiger partial charge is 0.405 e. The Bertz CT molecular complexity index is 871. The lowest BCUT2D eigenvalue weighted by molar-refractivity contribution is 0.0325. The zero-order chi connectivity index (χ0) is 21.7. The van der Waals surface area contributed by atoms with Crippen LogP contribution in [0.3, 0.4) is 0 Å². The van der Waals surface area contributed by atoms with Gasteiger partial charge in [-0.25, -0.2) is 4.79 Å². The largest absolute Gasteiger partial charge is 0.490 e. The molecule has 0 radical (unpaired) electrons. The number of halogens is 1. The molecule has 0 aromatic heterocycles. The van der Waals surface area contributed by atoms with E-state index in [1.54, 1.807) is 38.1 Å². The molecule has 2 aromatic rings. The fraction of sp³-hybridized carbons (Fsp3) is 0.417. The standard InChI is InChI=1S/C24H28ClNO4/c1-24(2,30-23(26)28)15-21(16-7-11-18(25)12-8-16)22(27)17-9-13-20(14-10-17)29-19-5-3-4-6-19/h7-14,19,21H,3-6,15H2,1-2H3,(H2,26,28). The van der Waals surface area contributed by atoms with Gasteiger partial charge in [-0.3, -0.25) is 4.79 Å². The molecular weight excluding hydrogens is 402 g/mol. The summed E-state index contributed by atoms with van der Waals surface area (Å²) in [5.74, 6) is 0.197. The van der Waals surface area contributed by atoms with Gasteiger partial charge in [0.25, 0.3) is 0 Å². The summed E-state index contributed by atoms with van der Waals surface area (Å²) < 4.78 is 11.2. The minimum absolute atomic E-state index is 0.0640. The first-order valence-corrected chi connectivity index (χ1v) is 10.7. The van der Waals surface area contributed by atoms with E-state index in [2.05, 4.69) is 0 Å². The lowest BCUT2D eigenvalue weighted by Crippen LogP contribution is -2.34. The number of Topliss-reactive ketones (excluding diaryl/α,β-unsaturated/α-hetero) is 1. The number of rotatable bonds is 8. The first kappa shape index (κ1) is 22.2. The molecule has 1 amide bonds. The molecule has 0 heterocycles. The normalized spacial score (nSPS) is 15.6. The van der Waals surface area contributed by atoms with Crippen molar-refractivity contribution in [2.45, 2.75) is 63.6 Å². The highest BCUT2D eigenvalue weighted by molar-refractivity contribution is 6.30. The maximum Gasteiger partial charge on any atom is 0.405 e. The Morgan fingerprint density at radius 1 is 1.07 bits per heavy atom. The fourth-order valence-electron chi connectivity index (χ4n) is 3.96. The Hall–Kier alpha value is -2.53. The van der Waals surface area contributed by atoms with Crippen LogP contribution in [0, 0.1) is 0 Å². The molecule has 1 aliphatic carbocycles. The second kappa shape index (κ2) is 9.52. The van der Waals surface area contributed by atoms with Crippen molar-refractivity contribution in [3.05, 3.63) is 64.7 Å². The van der Waals surface area contributed by atoms with Gasteiger partial charge in [-0.1, -0.05) is 23.7 Å². The molecule has 160 valence electrons. The van der Waals surface area contributed by atoms with Crippen LogP contribution in [-0.2, 0) is 4.74 Å². The highest BCUT2D eigenvalue weighted by atomic mass is 35.5.